The molecule has 0 aliphatic rings. The van der Waals surface area contributed by atoms with Gasteiger partial charge >= 0.3 is 0 Å². The molecular weight excluding hydrogens is 224 g/mol. The molecule has 0 saturated carbocycles. The third-order valence-corrected chi connectivity index (χ3v) is 3.62. The van der Waals surface area contributed by atoms with Crippen LogP contribution in [0.3, 0.4) is 0 Å². The highest BCUT2D eigenvalue weighted by Gasteiger charge is 2.21. The van der Waals surface area contributed by atoms with E-state index in [0.717, 1.165) is 5.82 Å². The van der Waals surface area contributed by atoms with E-state index in [1.165, 1.54) is 0 Å². The van der Waals surface area contributed by atoms with Gasteiger partial charge in [-0.1, -0.05) is 32.9 Å². The summed E-state index contributed by atoms with van der Waals surface area (Å²) in [7, 11) is 0. The molecule has 2 atom stereocenters. The molecule has 0 aliphatic heterocycles. The van der Waals surface area contributed by atoms with Gasteiger partial charge in [0.15, 0.2) is 5.82 Å². The van der Waals surface area contributed by atoms with Crippen LogP contribution in [0.4, 0.5) is 0 Å². The molecule has 16 heavy (non-hydrogen) atoms. The van der Waals surface area contributed by atoms with E-state index in [1.807, 2.05) is 27.7 Å². The number of nitrogens with zero attached hydrogens (tertiary/aromatic N) is 2. The van der Waals surface area contributed by atoms with Crippen LogP contribution in [0.15, 0.2) is 4.52 Å². The predicted molar refractivity (Wildman–Crippen MR) is 65.4 cm³/mol. The van der Waals surface area contributed by atoms with Gasteiger partial charge in [0.2, 0.25) is 5.89 Å². The lowest BCUT2D eigenvalue weighted by molar-refractivity contribution is 0.196. The first-order chi connectivity index (χ1) is 7.30. The van der Waals surface area contributed by atoms with Gasteiger partial charge in [-0.05, 0) is 6.92 Å². The van der Waals surface area contributed by atoms with Crippen molar-refractivity contribution in [3.8, 4) is 0 Å². The highest BCUT2D eigenvalue weighted by molar-refractivity contribution is 7.99. The number of hydrogen-bond acceptors (Lipinski definition) is 5. The lowest BCUT2D eigenvalue weighted by Gasteiger charge is -2.12. The molecule has 1 rings (SSSR count). The molecule has 4 nitrogen and oxygen atoms in total. The molecule has 1 heterocycles. The number of thioether (sulfide) groups is 1. The van der Waals surface area contributed by atoms with Crippen molar-refractivity contribution in [1.82, 2.24) is 10.1 Å². The lowest BCUT2D eigenvalue weighted by Crippen LogP contribution is -2.15. The van der Waals surface area contributed by atoms with Gasteiger partial charge < -0.3 is 9.63 Å². The van der Waals surface area contributed by atoms with Crippen molar-refractivity contribution < 1.29 is 9.63 Å². The molecule has 0 bridgehead atoms. The van der Waals surface area contributed by atoms with Crippen LogP contribution in [0, 0.1) is 0 Å². The Morgan fingerprint density at radius 3 is 2.44 bits per heavy atom. The summed E-state index contributed by atoms with van der Waals surface area (Å²) >= 11 is 1.62. The molecule has 1 aromatic rings. The number of aliphatic hydroxyl groups excluding tert-OH is 1. The summed E-state index contributed by atoms with van der Waals surface area (Å²) < 4.78 is 5.16. The molecule has 0 radical (unpaired) electrons. The molecule has 0 saturated heterocycles. The van der Waals surface area contributed by atoms with Crippen LogP contribution in [0.5, 0.6) is 0 Å². The summed E-state index contributed by atoms with van der Waals surface area (Å²) in [5, 5.41) is 13.5. The molecule has 5 heteroatoms. The van der Waals surface area contributed by atoms with Gasteiger partial charge in [-0.2, -0.15) is 4.98 Å². The molecule has 0 fully saturated rings. The van der Waals surface area contributed by atoms with Crippen molar-refractivity contribution in [2.75, 3.05) is 0 Å². The van der Waals surface area contributed by atoms with E-state index in [-0.39, 0.29) is 16.8 Å². The number of aromatic nitrogens is 2. The van der Waals surface area contributed by atoms with E-state index in [2.05, 4.69) is 10.1 Å². The average molecular weight is 244 g/mol. The maximum Gasteiger partial charge on any atom is 0.236 e. The largest absolute Gasteiger partial charge is 0.392 e. The molecule has 1 aromatic heterocycles. The molecule has 92 valence electrons. The van der Waals surface area contributed by atoms with Gasteiger partial charge in [0.1, 0.15) is 0 Å². The second kappa shape index (κ2) is 5.19. The van der Waals surface area contributed by atoms with E-state index in [4.69, 9.17) is 4.52 Å². The van der Waals surface area contributed by atoms with Crippen LogP contribution >= 0.6 is 11.8 Å². The number of hydrogen-bond donors (Lipinski definition) is 1. The third kappa shape index (κ3) is 3.79. The maximum absolute atomic E-state index is 9.35. The van der Waals surface area contributed by atoms with Crippen LogP contribution in [0.25, 0.3) is 0 Å². The van der Waals surface area contributed by atoms with E-state index >= 15 is 0 Å². The Balaban J connectivity index is 2.53. The van der Waals surface area contributed by atoms with Gasteiger partial charge in [-0.15, -0.1) is 11.8 Å². The van der Waals surface area contributed by atoms with Crippen LogP contribution in [0.2, 0.25) is 0 Å². The fourth-order valence-corrected chi connectivity index (χ4v) is 1.76. The van der Waals surface area contributed by atoms with Crippen molar-refractivity contribution in [2.45, 2.75) is 57.1 Å². The lowest BCUT2D eigenvalue weighted by atomic mass is 9.96. The Morgan fingerprint density at radius 2 is 2.00 bits per heavy atom. The van der Waals surface area contributed by atoms with E-state index in [9.17, 15) is 5.11 Å². The summed E-state index contributed by atoms with van der Waals surface area (Å²) in [5.74, 6) is 2.00. The number of rotatable bonds is 4. The molecule has 1 N–H and O–H groups in total. The highest BCUT2D eigenvalue weighted by atomic mass is 32.2. The first-order valence-corrected chi connectivity index (χ1v) is 6.48. The summed E-state index contributed by atoms with van der Waals surface area (Å²) in [6.07, 6.45) is -0.324. The Morgan fingerprint density at radius 1 is 1.38 bits per heavy atom. The summed E-state index contributed by atoms with van der Waals surface area (Å²) in [5.41, 5.74) is -0.0810. The van der Waals surface area contributed by atoms with E-state index in [1.54, 1.807) is 18.7 Å². The zero-order valence-corrected chi connectivity index (χ0v) is 11.3. The highest BCUT2D eigenvalue weighted by Crippen LogP contribution is 2.22. The fourth-order valence-electron chi connectivity index (χ4n) is 0.960. The maximum atomic E-state index is 9.35. The second-order valence-electron chi connectivity index (χ2n) is 5.02. The summed E-state index contributed by atoms with van der Waals surface area (Å²) in [4.78, 5) is 4.33. The van der Waals surface area contributed by atoms with Gasteiger partial charge in [-0.25, -0.2) is 0 Å². The predicted octanol–water partition coefficient (Wildman–Crippen LogP) is 2.37. The standard InChI is InChI=1S/C11H20N2O2S/c1-7(14)8(2)16-6-9-12-10(13-15-9)11(3,4)5/h7-8,14H,6H2,1-5H3. The Labute approximate surface area is 101 Å². The van der Waals surface area contributed by atoms with Gasteiger partial charge in [-0.3, -0.25) is 0 Å². The molecule has 0 spiro atoms. The molecule has 2 unspecified atom stereocenters. The molecule has 0 amide bonds. The van der Waals surface area contributed by atoms with Crippen molar-refractivity contribution in [3.63, 3.8) is 0 Å². The van der Waals surface area contributed by atoms with Crippen molar-refractivity contribution >= 4 is 11.8 Å². The van der Waals surface area contributed by atoms with Crippen LogP contribution in [0.1, 0.15) is 46.3 Å². The fraction of sp³-hybridized carbons (Fsp3) is 0.818. The molecular formula is C11H20N2O2S. The minimum absolute atomic E-state index is 0.0810. The zero-order chi connectivity index (χ0) is 12.3. The monoisotopic (exact) mass is 244 g/mol. The van der Waals surface area contributed by atoms with E-state index < -0.39 is 0 Å². The smallest absolute Gasteiger partial charge is 0.236 e. The van der Waals surface area contributed by atoms with Crippen molar-refractivity contribution in [3.05, 3.63) is 11.7 Å². The van der Waals surface area contributed by atoms with Gasteiger partial charge in [0.25, 0.3) is 0 Å². The second-order valence-corrected chi connectivity index (χ2v) is 6.38. The van der Waals surface area contributed by atoms with E-state index in [0.29, 0.717) is 11.6 Å². The zero-order valence-electron chi connectivity index (χ0n) is 10.5. The minimum atomic E-state index is -0.324. The Hall–Kier alpha value is -0.550. The Kier molecular flexibility index (Phi) is 4.38. The minimum Gasteiger partial charge on any atom is -0.392 e. The normalized spacial score (nSPS) is 16.1. The summed E-state index contributed by atoms with van der Waals surface area (Å²) in [6, 6.07) is 0. The first kappa shape index (κ1) is 13.5. The third-order valence-electron chi connectivity index (χ3n) is 2.29. The topological polar surface area (TPSA) is 59.2 Å². The SMILES string of the molecule is CC(O)C(C)SCc1nc(C(C)(C)C)no1. The molecule has 0 aliphatic carbocycles. The van der Waals surface area contributed by atoms with Crippen LogP contribution < -0.4 is 0 Å². The average Bonchev–Trinajstić information content (AvgIpc) is 2.61. The molecule has 0 aromatic carbocycles. The number of aliphatic hydroxyl groups is 1. The summed E-state index contributed by atoms with van der Waals surface area (Å²) in [6.45, 7) is 9.91. The Bertz CT molecular complexity index is 331. The van der Waals surface area contributed by atoms with Crippen molar-refractivity contribution in [2.24, 2.45) is 0 Å². The van der Waals surface area contributed by atoms with Gasteiger partial charge in [0.05, 0.1) is 11.9 Å². The van der Waals surface area contributed by atoms with Crippen LogP contribution in [-0.4, -0.2) is 26.6 Å². The van der Waals surface area contributed by atoms with Crippen LogP contribution in [-0.2, 0) is 11.2 Å². The quantitative estimate of drug-likeness (QED) is 0.881. The first-order valence-electron chi connectivity index (χ1n) is 5.43. The van der Waals surface area contributed by atoms with Crippen molar-refractivity contribution in [1.29, 1.82) is 0 Å². The van der Waals surface area contributed by atoms with Gasteiger partial charge in [0, 0.05) is 10.7 Å².